The first-order valence-corrected chi connectivity index (χ1v) is 8.36. The minimum atomic E-state index is -0.427. The van der Waals surface area contributed by atoms with Gasteiger partial charge in [-0.15, -0.1) is 5.10 Å². The van der Waals surface area contributed by atoms with E-state index in [4.69, 9.17) is 17.0 Å². The second-order valence-corrected chi connectivity index (χ2v) is 6.48. The van der Waals surface area contributed by atoms with E-state index in [-0.39, 0.29) is 0 Å². The maximum atomic E-state index is 9.79. The van der Waals surface area contributed by atoms with Crippen LogP contribution in [0.15, 0.2) is 30.5 Å². The monoisotopic (exact) mass is 339 g/mol. The van der Waals surface area contributed by atoms with Crippen molar-refractivity contribution in [1.82, 2.24) is 10.2 Å². The molecule has 3 rings (SSSR count). The lowest BCUT2D eigenvalue weighted by atomic mass is 9.70. The first-order chi connectivity index (χ1) is 11.7. The molecule has 0 radical (unpaired) electrons. The molecule has 1 aromatic heterocycles. The van der Waals surface area contributed by atoms with Gasteiger partial charge in [-0.25, -0.2) is 0 Å². The van der Waals surface area contributed by atoms with Gasteiger partial charge in [-0.1, -0.05) is 43.0 Å². The summed E-state index contributed by atoms with van der Waals surface area (Å²) in [6, 6.07) is 10.0. The molecule has 1 aliphatic rings. The van der Waals surface area contributed by atoms with Gasteiger partial charge in [-0.05, 0) is 24.5 Å². The van der Waals surface area contributed by atoms with Crippen molar-refractivity contribution in [3.63, 3.8) is 0 Å². The molecule has 0 aliphatic heterocycles. The van der Waals surface area contributed by atoms with Crippen molar-refractivity contribution in [1.29, 1.82) is 10.7 Å². The van der Waals surface area contributed by atoms with Gasteiger partial charge < -0.3 is 10.7 Å². The highest BCUT2D eigenvalue weighted by molar-refractivity contribution is 6.29. The van der Waals surface area contributed by atoms with Crippen LogP contribution in [-0.2, 0) is 5.41 Å². The van der Waals surface area contributed by atoms with Gasteiger partial charge in [0.1, 0.15) is 0 Å². The lowest BCUT2D eigenvalue weighted by molar-refractivity contribution is 0.366. The van der Waals surface area contributed by atoms with E-state index >= 15 is 0 Å². The number of aromatic nitrogens is 2. The van der Waals surface area contributed by atoms with Crippen LogP contribution in [0.2, 0.25) is 5.15 Å². The van der Waals surface area contributed by atoms with E-state index in [9.17, 15) is 5.26 Å². The Bertz CT molecular complexity index is 790. The highest BCUT2D eigenvalue weighted by Crippen LogP contribution is 2.40. The average molecular weight is 340 g/mol. The summed E-state index contributed by atoms with van der Waals surface area (Å²) in [5.41, 5.74) is 2.79. The number of benzene rings is 1. The van der Waals surface area contributed by atoms with E-state index in [0.29, 0.717) is 10.8 Å². The third kappa shape index (κ3) is 3.24. The number of hydrogen-bond acceptors (Lipinski definition) is 5. The van der Waals surface area contributed by atoms with Crippen LogP contribution < -0.4 is 5.32 Å². The normalized spacial score (nSPS) is 16.2. The van der Waals surface area contributed by atoms with Crippen molar-refractivity contribution < 1.29 is 0 Å². The Morgan fingerprint density at radius 1 is 1.25 bits per heavy atom. The Kier molecular flexibility index (Phi) is 4.77. The van der Waals surface area contributed by atoms with E-state index in [0.717, 1.165) is 42.5 Å². The fourth-order valence-corrected chi connectivity index (χ4v) is 3.43. The summed E-state index contributed by atoms with van der Waals surface area (Å²) in [6.07, 6.45) is 7.98. The van der Waals surface area contributed by atoms with Crippen molar-refractivity contribution in [2.45, 2.75) is 37.5 Å². The molecule has 0 unspecified atom stereocenters. The van der Waals surface area contributed by atoms with Gasteiger partial charge in [0.05, 0.1) is 23.4 Å². The minimum absolute atomic E-state index is 0.299. The number of nitrogens with one attached hydrogen (secondary N) is 2. The molecule has 1 heterocycles. The lowest BCUT2D eigenvalue weighted by Gasteiger charge is -2.31. The van der Waals surface area contributed by atoms with Gasteiger partial charge in [0.25, 0.3) is 0 Å². The molecule has 0 bridgehead atoms. The number of rotatable bonds is 4. The quantitative estimate of drug-likeness (QED) is 0.797. The summed E-state index contributed by atoms with van der Waals surface area (Å²) < 4.78 is 0. The molecule has 5 nitrogen and oxygen atoms in total. The molecule has 1 fully saturated rings. The zero-order valence-corrected chi connectivity index (χ0v) is 14.0. The molecule has 1 aliphatic carbocycles. The molecule has 122 valence electrons. The van der Waals surface area contributed by atoms with Gasteiger partial charge in [0.15, 0.2) is 5.15 Å². The van der Waals surface area contributed by atoms with Crippen LogP contribution in [0, 0.1) is 16.7 Å². The predicted molar refractivity (Wildman–Crippen MR) is 95.0 cm³/mol. The number of halogens is 1. The second kappa shape index (κ2) is 6.98. The first kappa shape index (κ1) is 16.4. The molecule has 2 aromatic rings. The molecule has 0 spiro atoms. The van der Waals surface area contributed by atoms with Crippen LogP contribution in [0.25, 0.3) is 0 Å². The highest BCUT2D eigenvalue weighted by Gasteiger charge is 2.34. The summed E-state index contributed by atoms with van der Waals surface area (Å²) in [5, 5.41) is 28.5. The van der Waals surface area contributed by atoms with Crippen molar-refractivity contribution in [2.24, 2.45) is 0 Å². The summed E-state index contributed by atoms with van der Waals surface area (Å²) >= 11 is 5.88. The molecular weight excluding hydrogens is 322 g/mol. The predicted octanol–water partition coefficient (Wildman–Crippen LogP) is 4.60. The Hall–Kier alpha value is -2.45. The van der Waals surface area contributed by atoms with E-state index in [1.807, 2.05) is 18.2 Å². The van der Waals surface area contributed by atoms with Crippen molar-refractivity contribution in [3.05, 3.63) is 46.7 Å². The molecule has 1 aromatic carbocycles. The van der Waals surface area contributed by atoms with E-state index < -0.39 is 5.41 Å². The maximum Gasteiger partial charge on any atom is 0.153 e. The Labute approximate surface area is 146 Å². The zero-order valence-electron chi connectivity index (χ0n) is 13.2. The Morgan fingerprint density at radius 2 is 2.04 bits per heavy atom. The summed E-state index contributed by atoms with van der Waals surface area (Å²) in [7, 11) is 0. The molecule has 1 saturated carbocycles. The third-order valence-electron chi connectivity index (χ3n) is 4.59. The topological polar surface area (TPSA) is 85.5 Å². The standard InChI is InChI=1S/C18H18ClN5/c19-17-9-15(11-22-24-17)23-16-8-14(5-4-13(16)10-20)18(12-21)6-2-1-3-7-18/h4-5,8-11,20H,1-3,6-7H2,(H,23,24). The largest absolute Gasteiger partial charge is 0.354 e. The van der Waals surface area contributed by atoms with Gasteiger partial charge in [0.2, 0.25) is 0 Å². The maximum absolute atomic E-state index is 9.79. The average Bonchev–Trinajstić information content (AvgIpc) is 2.62. The number of anilines is 2. The van der Waals surface area contributed by atoms with Gasteiger partial charge in [0, 0.05) is 23.5 Å². The first-order valence-electron chi connectivity index (χ1n) is 7.98. The molecule has 0 atom stereocenters. The molecule has 0 saturated heterocycles. The lowest BCUT2D eigenvalue weighted by Crippen LogP contribution is -2.27. The zero-order chi connectivity index (χ0) is 17.0. The van der Waals surface area contributed by atoms with E-state index in [1.54, 1.807) is 12.3 Å². The second-order valence-electron chi connectivity index (χ2n) is 6.09. The van der Waals surface area contributed by atoms with Crippen LogP contribution in [0.5, 0.6) is 0 Å². The molecule has 2 N–H and O–H groups in total. The number of nitriles is 1. The molecular formula is C18H18ClN5. The third-order valence-corrected chi connectivity index (χ3v) is 4.77. The van der Waals surface area contributed by atoms with Gasteiger partial charge >= 0.3 is 0 Å². The van der Waals surface area contributed by atoms with Crippen LogP contribution >= 0.6 is 11.6 Å². The molecule has 0 amide bonds. The number of nitrogens with zero attached hydrogens (tertiary/aromatic N) is 3. The minimum Gasteiger partial charge on any atom is -0.354 e. The summed E-state index contributed by atoms with van der Waals surface area (Å²) in [4.78, 5) is 0. The van der Waals surface area contributed by atoms with E-state index in [1.165, 1.54) is 12.6 Å². The van der Waals surface area contributed by atoms with Gasteiger partial charge in [-0.3, -0.25) is 0 Å². The van der Waals surface area contributed by atoms with Crippen LogP contribution in [-0.4, -0.2) is 16.4 Å². The smallest absolute Gasteiger partial charge is 0.153 e. The van der Waals surface area contributed by atoms with E-state index in [2.05, 4.69) is 21.6 Å². The fraction of sp³-hybridized carbons (Fsp3) is 0.333. The van der Waals surface area contributed by atoms with Crippen LogP contribution in [0.4, 0.5) is 11.4 Å². The SMILES string of the molecule is N#CC1(c2ccc(C=N)c(Nc3cnnc(Cl)c3)c2)CCCCC1. The van der Waals surface area contributed by atoms with Crippen LogP contribution in [0.3, 0.4) is 0 Å². The Balaban J connectivity index is 1.99. The van der Waals surface area contributed by atoms with Crippen LogP contribution in [0.1, 0.15) is 43.2 Å². The van der Waals surface area contributed by atoms with Crippen molar-refractivity contribution in [2.75, 3.05) is 5.32 Å². The summed E-state index contributed by atoms with van der Waals surface area (Å²) in [5.74, 6) is 0. The van der Waals surface area contributed by atoms with Gasteiger partial charge in [-0.2, -0.15) is 10.4 Å². The Morgan fingerprint density at radius 3 is 2.71 bits per heavy atom. The van der Waals surface area contributed by atoms with Crippen molar-refractivity contribution in [3.8, 4) is 6.07 Å². The molecule has 6 heteroatoms. The molecule has 24 heavy (non-hydrogen) atoms. The number of hydrogen-bond donors (Lipinski definition) is 2. The van der Waals surface area contributed by atoms with Crippen molar-refractivity contribution >= 4 is 29.2 Å². The highest BCUT2D eigenvalue weighted by atomic mass is 35.5. The summed E-state index contributed by atoms with van der Waals surface area (Å²) in [6.45, 7) is 0. The fourth-order valence-electron chi connectivity index (χ4n) is 3.27.